The van der Waals surface area contributed by atoms with Crippen LogP contribution in [0.2, 0.25) is 0 Å². The van der Waals surface area contributed by atoms with Crippen molar-refractivity contribution >= 4 is 25.6 Å². The van der Waals surface area contributed by atoms with Gasteiger partial charge in [0.05, 0.1) is 28.4 Å². The van der Waals surface area contributed by atoms with Gasteiger partial charge in [-0.05, 0) is 35.9 Å². The quantitative estimate of drug-likeness (QED) is 0.461. The second-order valence-corrected chi connectivity index (χ2v) is 6.72. The summed E-state index contributed by atoms with van der Waals surface area (Å²) in [5.41, 5.74) is 1.68. The van der Waals surface area contributed by atoms with Crippen molar-refractivity contribution in [3.05, 3.63) is 41.5 Å². The van der Waals surface area contributed by atoms with Crippen LogP contribution < -0.4 is 24.0 Å². The van der Waals surface area contributed by atoms with E-state index in [-0.39, 0.29) is 5.69 Å². The standard InChI is InChI=1S/C18H22NO7P/c1-23-15-8-7-14(19-27(20,21)22)11-13(15)6-5-12-9-16(24-2)18(26-4)17(10-12)25-3/h5-11H,1-4H3,(H3,19,20,21,22)/b6-5-. The van der Waals surface area contributed by atoms with Gasteiger partial charge in [0.2, 0.25) is 5.75 Å². The largest absolute Gasteiger partial charge is 0.496 e. The zero-order valence-corrected chi connectivity index (χ0v) is 16.3. The molecule has 0 aliphatic rings. The third-order valence-corrected chi connectivity index (χ3v) is 4.20. The molecule has 0 saturated carbocycles. The lowest BCUT2D eigenvalue weighted by Gasteiger charge is -2.13. The number of hydrogen-bond acceptors (Lipinski definition) is 5. The van der Waals surface area contributed by atoms with Gasteiger partial charge in [0.1, 0.15) is 5.75 Å². The molecule has 2 aromatic carbocycles. The second-order valence-electron chi connectivity index (χ2n) is 5.40. The number of anilines is 1. The molecule has 0 fully saturated rings. The highest BCUT2D eigenvalue weighted by Gasteiger charge is 2.14. The van der Waals surface area contributed by atoms with Crippen molar-refractivity contribution in [3.63, 3.8) is 0 Å². The summed E-state index contributed by atoms with van der Waals surface area (Å²) in [4.78, 5) is 18.1. The van der Waals surface area contributed by atoms with E-state index in [4.69, 9.17) is 28.7 Å². The molecule has 27 heavy (non-hydrogen) atoms. The van der Waals surface area contributed by atoms with Crippen LogP contribution in [0.15, 0.2) is 30.3 Å². The fourth-order valence-electron chi connectivity index (χ4n) is 2.49. The first-order chi connectivity index (χ1) is 12.8. The van der Waals surface area contributed by atoms with E-state index in [1.807, 2.05) is 0 Å². The number of benzene rings is 2. The van der Waals surface area contributed by atoms with E-state index in [2.05, 4.69) is 5.09 Å². The number of methoxy groups -OCH3 is 4. The highest BCUT2D eigenvalue weighted by atomic mass is 31.2. The van der Waals surface area contributed by atoms with Crippen LogP contribution in [0.3, 0.4) is 0 Å². The van der Waals surface area contributed by atoms with Crippen molar-refractivity contribution in [2.45, 2.75) is 0 Å². The van der Waals surface area contributed by atoms with Crippen LogP contribution in [0.1, 0.15) is 11.1 Å². The number of ether oxygens (including phenoxy) is 4. The third kappa shape index (κ3) is 5.40. The first kappa shape index (κ1) is 20.6. The van der Waals surface area contributed by atoms with Gasteiger partial charge in [0.15, 0.2) is 11.5 Å². The second kappa shape index (κ2) is 8.81. The summed E-state index contributed by atoms with van der Waals surface area (Å²) in [5.74, 6) is 2.07. The molecule has 0 aromatic heterocycles. The highest BCUT2D eigenvalue weighted by Crippen LogP contribution is 2.39. The minimum absolute atomic E-state index is 0.272. The average molecular weight is 395 g/mol. The molecule has 146 valence electrons. The Labute approximate surface area is 157 Å². The molecule has 3 N–H and O–H groups in total. The summed E-state index contributed by atoms with van der Waals surface area (Å²) in [7, 11) is 1.71. The molecule has 0 aliphatic carbocycles. The zero-order chi connectivity index (χ0) is 20.0. The predicted octanol–water partition coefficient (Wildman–Crippen LogP) is 3.40. The Bertz CT molecular complexity index is 851. The third-order valence-electron chi connectivity index (χ3n) is 3.65. The number of hydrogen-bond donors (Lipinski definition) is 3. The Kier molecular flexibility index (Phi) is 6.74. The molecule has 0 saturated heterocycles. The molecule has 0 unspecified atom stereocenters. The van der Waals surface area contributed by atoms with E-state index in [1.165, 1.54) is 34.5 Å². The Morgan fingerprint density at radius 1 is 0.852 bits per heavy atom. The van der Waals surface area contributed by atoms with Crippen molar-refractivity contribution in [1.29, 1.82) is 0 Å². The first-order valence-corrected chi connectivity index (χ1v) is 9.42. The van der Waals surface area contributed by atoms with Gasteiger partial charge in [-0.3, -0.25) is 5.09 Å². The van der Waals surface area contributed by atoms with Crippen molar-refractivity contribution in [2.75, 3.05) is 33.5 Å². The summed E-state index contributed by atoms with van der Waals surface area (Å²) >= 11 is 0. The molecular weight excluding hydrogens is 373 g/mol. The van der Waals surface area contributed by atoms with E-state index < -0.39 is 7.75 Å². The van der Waals surface area contributed by atoms with E-state index in [1.54, 1.807) is 36.4 Å². The molecule has 0 spiro atoms. The maximum atomic E-state index is 11.1. The summed E-state index contributed by atoms with van der Waals surface area (Å²) in [6.07, 6.45) is 3.55. The molecule has 0 amide bonds. The Morgan fingerprint density at radius 3 is 1.93 bits per heavy atom. The van der Waals surface area contributed by atoms with Gasteiger partial charge in [-0.1, -0.05) is 12.2 Å². The Balaban J connectivity index is 2.42. The molecule has 2 aromatic rings. The summed E-state index contributed by atoms with van der Waals surface area (Å²) in [5, 5.41) is 2.14. The van der Waals surface area contributed by atoms with Crippen LogP contribution in [0, 0.1) is 0 Å². The maximum absolute atomic E-state index is 11.1. The van der Waals surface area contributed by atoms with Crippen LogP contribution in [0.4, 0.5) is 5.69 Å². The van der Waals surface area contributed by atoms with Crippen LogP contribution >= 0.6 is 7.75 Å². The average Bonchev–Trinajstić information content (AvgIpc) is 2.64. The van der Waals surface area contributed by atoms with Crippen molar-refractivity contribution in [2.24, 2.45) is 0 Å². The van der Waals surface area contributed by atoms with Gasteiger partial charge >= 0.3 is 7.75 Å². The number of nitrogens with one attached hydrogen (secondary N) is 1. The number of rotatable bonds is 8. The molecular formula is C18H22NO7P. The van der Waals surface area contributed by atoms with Gasteiger partial charge in [-0.2, -0.15) is 0 Å². The minimum atomic E-state index is -4.40. The smallest absolute Gasteiger partial charge is 0.427 e. The van der Waals surface area contributed by atoms with Gasteiger partial charge in [-0.25, -0.2) is 4.57 Å². The fourth-order valence-corrected chi connectivity index (χ4v) is 2.96. The van der Waals surface area contributed by atoms with E-state index in [0.29, 0.717) is 28.6 Å². The van der Waals surface area contributed by atoms with Gasteiger partial charge in [0.25, 0.3) is 0 Å². The lowest BCUT2D eigenvalue weighted by atomic mass is 10.1. The molecule has 2 rings (SSSR count). The first-order valence-electron chi connectivity index (χ1n) is 7.81. The van der Waals surface area contributed by atoms with Gasteiger partial charge < -0.3 is 28.7 Å². The van der Waals surface area contributed by atoms with Gasteiger partial charge in [-0.15, -0.1) is 0 Å². The normalized spacial score (nSPS) is 11.3. The van der Waals surface area contributed by atoms with E-state index in [9.17, 15) is 4.57 Å². The van der Waals surface area contributed by atoms with Crippen molar-refractivity contribution in [3.8, 4) is 23.0 Å². The SMILES string of the molecule is COc1ccc(NP(=O)(O)O)cc1/C=C\c1cc(OC)c(OC)c(OC)c1. The fraction of sp³-hybridized carbons (Fsp3) is 0.222. The summed E-state index contributed by atoms with van der Waals surface area (Å²) in [6, 6.07) is 8.28. The molecule has 0 heterocycles. The maximum Gasteiger partial charge on any atom is 0.427 e. The summed E-state index contributed by atoms with van der Waals surface area (Å²) < 4.78 is 32.4. The highest BCUT2D eigenvalue weighted by molar-refractivity contribution is 7.53. The molecule has 0 atom stereocenters. The van der Waals surface area contributed by atoms with E-state index in [0.717, 1.165) is 5.56 Å². The molecule has 0 radical (unpaired) electrons. The van der Waals surface area contributed by atoms with Crippen molar-refractivity contribution < 1.29 is 33.3 Å². The topological polar surface area (TPSA) is 106 Å². The molecule has 9 heteroatoms. The van der Waals surface area contributed by atoms with Crippen LogP contribution in [0.5, 0.6) is 23.0 Å². The molecule has 0 bridgehead atoms. The Hall–Kier alpha value is -2.67. The molecule has 8 nitrogen and oxygen atoms in total. The monoisotopic (exact) mass is 395 g/mol. The zero-order valence-electron chi connectivity index (χ0n) is 15.4. The van der Waals surface area contributed by atoms with Gasteiger partial charge in [0, 0.05) is 11.3 Å². The predicted molar refractivity (Wildman–Crippen MR) is 104 cm³/mol. The summed E-state index contributed by atoms with van der Waals surface area (Å²) in [6.45, 7) is 0. The lowest BCUT2D eigenvalue weighted by molar-refractivity contribution is 0.324. The molecule has 0 aliphatic heterocycles. The van der Waals surface area contributed by atoms with Crippen molar-refractivity contribution in [1.82, 2.24) is 0 Å². The minimum Gasteiger partial charge on any atom is -0.496 e. The lowest BCUT2D eigenvalue weighted by Crippen LogP contribution is -1.96. The van der Waals surface area contributed by atoms with E-state index >= 15 is 0 Å². The van der Waals surface area contributed by atoms with Crippen LogP contribution in [-0.4, -0.2) is 38.2 Å². The van der Waals surface area contributed by atoms with Crippen LogP contribution in [0.25, 0.3) is 12.2 Å². The van der Waals surface area contributed by atoms with Crippen LogP contribution in [-0.2, 0) is 4.57 Å². The Morgan fingerprint density at radius 2 is 1.44 bits per heavy atom.